The third-order valence-electron chi connectivity index (χ3n) is 5.64. The molecule has 3 rings (SSSR count). The molecule has 154 valence electrons. The number of urea groups is 1. The van der Waals surface area contributed by atoms with Gasteiger partial charge in [-0.05, 0) is 64.2 Å². The van der Waals surface area contributed by atoms with Crippen molar-refractivity contribution in [1.82, 2.24) is 15.1 Å². The van der Waals surface area contributed by atoms with E-state index in [1.807, 2.05) is 54.8 Å². The number of nitrogens with one attached hydrogen (secondary N) is 1. The molecule has 2 aliphatic rings. The molecular weight excluding hydrogens is 354 g/mol. The number of hydrogen-bond donors (Lipinski definition) is 1. The van der Waals surface area contributed by atoms with Gasteiger partial charge in [0.05, 0.1) is 12.1 Å². The average Bonchev–Trinajstić information content (AvgIpc) is 3.22. The first kappa shape index (κ1) is 20.5. The Morgan fingerprint density at radius 3 is 2.14 bits per heavy atom. The molecule has 2 heterocycles. The lowest BCUT2D eigenvalue weighted by molar-refractivity contribution is -0.135. The maximum Gasteiger partial charge on any atom is 0.317 e. The molecule has 1 atom stereocenters. The lowest BCUT2D eigenvalue weighted by atomic mass is 9.95. The van der Waals surface area contributed by atoms with Crippen LogP contribution < -0.4 is 10.1 Å². The summed E-state index contributed by atoms with van der Waals surface area (Å²) in [5.41, 5.74) is 1.04. The number of benzene rings is 1. The number of amides is 3. The number of piperidine rings is 1. The molecule has 2 aliphatic heterocycles. The van der Waals surface area contributed by atoms with Crippen molar-refractivity contribution in [2.45, 2.75) is 58.6 Å². The second kappa shape index (κ2) is 9.30. The van der Waals surface area contributed by atoms with E-state index in [0.29, 0.717) is 13.1 Å². The Balaban J connectivity index is 1.46. The van der Waals surface area contributed by atoms with Crippen LogP contribution in [0.2, 0.25) is 0 Å². The third-order valence-corrected chi connectivity index (χ3v) is 5.64. The normalized spacial score (nSPS) is 19.0. The van der Waals surface area contributed by atoms with Crippen LogP contribution in [0, 0.1) is 5.92 Å². The average molecular weight is 388 g/mol. The number of nitrogens with zero attached hydrogens (tertiary/aromatic N) is 2. The molecule has 2 fully saturated rings. The van der Waals surface area contributed by atoms with Crippen LogP contribution in [-0.4, -0.2) is 54.0 Å². The lowest BCUT2D eigenvalue weighted by Crippen LogP contribution is -2.47. The van der Waals surface area contributed by atoms with E-state index in [1.54, 1.807) is 0 Å². The molecular formula is C22H33N3O3. The van der Waals surface area contributed by atoms with Crippen molar-refractivity contribution < 1.29 is 14.3 Å². The van der Waals surface area contributed by atoms with Crippen molar-refractivity contribution in [3.05, 3.63) is 29.8 Å². The van der Waals surface area contributed by atoms with E-state index in [9.17, 15) is 9.59 Å². The number of rotatable bonds is 5. The number of hydrogen-bond acceptors (Lipinski definition) is 3. The molecule has 28 heavy (non-hydrogen) atoms. The standard InChI is InChI=1S/C22H33N3O3/c1-16(2)28-20-8-6-18(7-9-20)17(3)23-22(27)25-14-10-19(11-15-25)21(26)24-12-4-5-13-24/h6-9,16-17,19H,4-5,10-15H2,1-3H3,(H,23,27). The molecule has 1 aromatic carbocycles. The Kier molecular flexibility index (Phi) is 6.81. The van der Waals surface area contributed by atoms with Gasteiger partial charge in [-0.1, -0.05) is 12.1 Å². The molecule has 1 N–H and O–H groups in total. The minimum absolute atomic E-state index is 0.0536. The third kappa shape index (κ3) is 5.18. The molecule has 0 spiro atoms. The zero-order valence-electron chi connectivity index (χ0n) is 17.3. The van der Waals surface area contributed by atoms with Crippen LogP contribution in [0.3, 0.4) is 0 Å². The number of ether oxygens (including phenoxy) is 1. The van der Waals surface area contributed by atoms with E-state index in [2.05, 4.69) is 5.32 Å². The van der Waals surface area contributed by atoms with Crippen LogP contribution in [0.4, 0.5) is 4.79 Å². The SMILES string of the molecule is CC(C)Oc1ccc(C(C)NC(=O)N2CCC(C(=O)N3CCCC3)CC2)cc1. The quantitative estimate of drug-likeness (QED) is 0.840. The van der Waals surface area contributed by atoms with E-state index in [4.69, 9.17) is 4.74 Å². The van der Waals surface area contributed by atoms with Crippen LogP contribution in [0.5, 0.6) is 5.75 Å². The number of carbonyl (C=O) groups excluding carboxylic acids is 2. The van der Waals surface area contributed by atoms with Gasteiger partial charge in [0.1, 0.15) is 5.75 Å². The Bertz CT molecular complexity index is 660. The Hall–Kier alpha value is -2.24. The minimum Gasteiger partial charge on any atom is -0.491 e. The van der Waals surface area contributed by atoms with E-state index in [-0.39, 0.29) is 30.0 Å². The molecule has 3 amide bonds. The molecule has 2 saturated heterocycles. The molecule has 6 heteroatoms. The van der Waals surface area contributed by atoms with Crippen LogP contribution in [0.25, 0.3) is 0 Å². The Morgan fingerprint density at radius 1 is 0.964 bits per heavy atom. The highest BCUT2D eigenvalue weighted by atomic mass is 16.5. The number of likely N-dealkylation sites (tertiary alicyclic amines) is 2. The van der Waals surface area contributed by atoms with Crippen molar-refractivity contribution in [3.63, 3.8) is 0 Å². The van der Waals surface area contributed by atoms with E-state index in [1.165, 1.54) is 0 Å². The first-order valence-electron chi connectivity index (χ1n) is 10.5. The number of carbonyl (C=O) groups is 2. The van der Waals surface area contributed by atoms with Crippen LogP contribution in [0.15, 0.2) is 24.3 Å². The van der Waals surface area contributed by atoms with E-state index >= 15 is 0 Å². The fourth-order valence-corrected chi connectivity index (χ4v) is 3.99. The summed E-state index contributed by atoms with van der Waals surface area (Å²) >= 11 is 0. The first-order valence-corrected chi connectivity index (χ1v) is 10.5. The highest BCUT2D eigenvalue weighted by molar-refractivity contribution is 5.80. The summed E-state index contributed by atoms with van der Waals surface area (Å²) in [4.78, 5) is 29.0. The summed E-state index contributed by atoms with van der Waals surface area (Å²) in [6.45, 7) is 9.07. The van der Waals surface area contributed by atoms with Crippen LogP contribution in [0.1, 0.15) is 58.1 Å². The van der Waals surface area contributed by atoms with Gasteiger partial charge in [-0.3, -0.25) is 4.79 Å². The fraction of sp³-hybridized carbons (Fsp3) is 0.636. The van der Waals surface area contributed by atoms with Crippen LogP contribution >= 0.6 is 0 Å². The molecule has 1 aromatic rings. The van der Waals surface area contributed by atoms with Crippen molar-refractivity contribution in [1.29, 1.82) is 0 Å². The van der Waals surface area contributed by atoms with Gasteiger partial charge in [0, 0.05) is 32.1 Å². The van der Waals surface area contributed by atoms with Gasteiger partial charge in [-0.2, -0.15) is 0 Å². The Labute approximate surface area is 168 Å². The zero-order valence-corrected chi connectivity index (χ0v) is 17.3. The molecule has 0 bridgehead atoms. The predicted molar refractivity (Wildman–Crippen MR) is 109 cm³/mol. The van der Waals surface area contributed by atoms with Gasteiger partial charge in [0.15, 0.2) is 0 Å². The summed E-state index contributed by atoms with van der Waals surface area (Å²) in [6.07, 6.45) is 3.91. The van der Waals surface area contributed by atoms with Crippen molar-refractivity contribution in [2.75, 3.05) is 26.2 Å². The summed E-state index contributed by atoms with van der Waals surface area (Å²) in [7, 11) is 0. The molecule has 1 unspecified atom stereocenters. The molecule has 0 aliphatic carbocycles. The van der Waals surface area contributed by atoms with Gasteiger partial charge in [-0.15, -0.1) is 0 Å². The van der Waals surface area contributed by atoms with E-state index in [0.717, 1.165) is 50.1 Å². The summed E-state index contributed by atoms with van der Waals surface area (Å²) < 4.78 is 5.66. The molecule has 0 radical (unpaired) electrons. The monoisotopic (exact) mass is 387 g/mol. The molecule has 6 nitrogen and oxygen atoms in total. The first-order chi connectivity index (χ1) is 13.4. The summed E-state index contributed by atoms with van der Waals surface area (Å²) in [6, 6.07) is 7.72. The fourth-order valence-electron chi connectivity index (χ4n) is 3.99. The second-order valence-electron chi connectivity index (χ2n) is 8.20. The summed E-state index contributed by atoms with van der Waals surface area (Å²) in [5, 5.41) is 3.08. The largest absolute Gasteiger partial charge is 0.491 e. The minimum atomic E-state index is -0.0791. The predicted octanol–water partition coefficient (Wildman–Crippen LogP) is 3.58. The van der Waals surface area contributed by atoms with Gasteiger partial charge < -0.3 is 19.9 Å². The summed E-state index contributed by atoms with van der Waals surface area (Å²) in [5.74, 6) is 1.20. The maximum absolute atomic E-state index is 12.6. The van der Waals surface area contributed by atoms with Gasteiger partial charge in [0.25, 0.3) is 0 Å². The smallest absolute Gasteiger partial charge is 0.317 e. The van der Waals surface area contributed by atoms with Gasteiger partial charge in [0.2, 0.25) is 5.91 Å². The van der Waals surface area contributed by atoms with Crippen molar-refractivity contribution >= 4 is 11.9 Å². The Morgan fingerprint density at radius 2 is 1.57 bits per heavy atom. The van der Waals surface area contributed by atoms with E-state index < -0.39 is 0 Å². The van der Waals surface area contributed by atoms with Crippen molar-refractivity contribution in [3.8, 4) is 5.75 Å². The topological polar surface area (TPSA) is 61.9 Å². The lowest BCUT2D eigenvalue weighted by Gasteiger charge is -2.33. The molecule has 0 saturated carbocycles. The van der Waals surface area contributed by atoms with Gasteiger partial charge in [-0.25, -0.2) is 4.79 Å². The van der Waals surface area contributed by atoms with Crippen LogP contribution in [-0.2, 0) is 4.79 Å². The second-order valence-corrected chi connectivity index (χ2v) is 8.20. The van der Waals surface area contributed by atoms with Gasteiger partial charge >= 0.3 is 6.03 Å². The van der Waals surface area contributed by atoms with Crippen molar-refractivity contribution in [2.24, 2.45) is 5.92 Å². The zero-order chi connectivity index (χ0) is 20.1. The highest BCUT2D eigenvalue weighted by Crippen LogP contribution is 2.23. The molecule has 0 aromatic heterocycles. The highest BCUT2D eigenvalue weighted by Gasteiger charge is 2.31. The maximum atomic E-state index is 12.6.